The zero-order valence-corrected chi connectivity index (χ0v) is 18.5. The van der Waals surface area contributed by atoms with Crippen LogP contribution in [0.2, 0.25) is 0 Å². The summed E-state index contributed by atoms with van der Waals surface area (Å²) in [6.07, 6.45) is 6.33. The molecule has 0 fully saturated rings. The molecule has 0 N–H and O–H groups in total. The predicted molar refractivity (Wildman–Crippen MR) is 125 cm³/mol. The van der Waals surface area contributed by atoms with Crippen molar-refractivity contribution in [1.82, 2.24) is 9.38 Å². The van der Waals surface area contributed by atoms with Gasteiger partial charge in [-0.3, -0.25) is 14.6 Å². The van der Waals surface area contributed by atoms with Gasteiger partial charge in [0.05, 0.1) is 16.4 Å². The van der Waals surface area contributed by atoms with Gasteiger partial charge in [-0.25, -0.2) is 0 Å². The SMILES string of the molecule is CCC(=O)COc1cc2c(=O)c(Cc3cccnc3)cn3c4ccc(Br)cc4c(c1)c23. The first-order valence-electron chi connectivity index (χ1n) is 10.1. The molecule has 3 heterocycles. The van der Waals surface area contributed by atoms with E-state index in [0.29, 0.717) is 29.5 Å². The summed E-state index contributed by atoms with van der Waals surface area (Å²) < 4.78 is 8.81. The third-order valence-corrected chi connectivity index (χ3v) is 6.06. The Hall–Kier alpha value is -3.25. The lowest BCUT2D eigenvalue weighted by atomic mass is 10.0. The molecule has 31 heavy (non-hydrogen) atoms. The molecule has 0 saturated heterocycles. The minimum absolute atomic E-state index is 0.00362. The van der Waals surface area contributed by atoms with E-state index in [2.05, 4.69) is 25.3 Å². The maximum atomic E-state index is 13.5. The highest BCUT2D eigenvalue weighted by molar-refractivity contribution is 9.10. The molecule has 0 aliphatic carbocycles. The van der Waals surface area contributed by atoms with Gasteiger partial charge in [-0.15, -0.1) is 0 Å². The van der Waals surface area contributed by atoms with Crippen molar-refractivity contribution in [2.45, 2.75) is 19.8 Å². The number of carbonyl (C=O) groups excluding carboxylic acids is 1. The smallest absolute Gasteiger partial charge is 0.193 e. The summed E-state index contributed by atoms with van der Waals surface area (Å²) in [6.45, 7) is 1.80. The van der Waals surface area contributed by atoms with Gasteiger partial charge in [-0.2, -0.15) is 0 Å². The van der Waals surface area contributed by atoms with Crippen molar-refractivity contribution in [2.75, 3.05) is 6.61 Å². The van der Waals surface area contributed by atoms with E-state index in [1.54, 1.807) is 18.5 Å². The summed E-state index contributed by atoms with van der Waals surface area (Å²) in [5, 5.41) is 2.53. The van der Waals surface area contributed by atoms with Gasteiger partial charge in [-0.05, 0) is 42.0 Å². The number of hydrogen-bond donors (Lipinski definition) is 0. The van der Waals surface area contributed by atoms with Gasteiger partial charge in [0, 0.05) is 52.2 Å². The molecule has 0 radical (unpaired) electrons. The van der Waals surface area contributed by atoms with Crippen LogP contribution in [0.1, 0.15) is 24.5 Å². The van der Waals surface area contributed by atoms with E-state index >= 15 is 0 Å². The molecule has 2 aromatic carbocycles. The summed E-state index contributed by atoms with van der Waals surface area (Å²) in [4.78, 5) is 29.4. The van der Waals surface area contributed by atoms with E-state index in [-0.39, 0.29) is 17.8 Å². The number of benzene rings is 2. The molecule has 0 aliphatic heterocycles. The third kappa shape index (κ3) is 3.47. The van der Waals surface area contributed by atoms with Crippen molar-refractivity contribution in [2.24, 2.45) is 0 Å². The van der Waals surface area contributed by atoms with Crippen molar-refractivity contribution in [3.05, 3.63) is 86.9 Å². The first-order valence-corrected chi connectivity index (χ1v) is 10.9. The van der Waals surface area contributed by atoms with E-state index in [4.69, 9.17) is 4.74 Å². The Labute approximate surface area is 186 Å². The molecule has 0 atom stereocenters. The minimum Gasteiger partial charge on any atom is -0.486 e. The van der Waals surface area contributed by atoms with Crippen molar-refractivity contribution in [1.29, 1.82) is 0 Å². The molecule has 5 nitrogen and oxygen atoms in total. The second-order valence-corrected chi connectivity index (χ2v) is 8.52. The van der Waals surface area contributed by atoms with E-state index in [1.807, 2.05) is 49.5 Å². The molecule has 5 aromatic rings. The predicted octanol–water partition coefficient (Wildman–Crippen LogP) is 5.15. The number of nitrogens with zero attached hydrogens (tertiary/aromatic N) is 2. The van der Waals surface area contributed by atoms with Crippen molar-refractivity contribution in [3.8, 4) is 5.75 Å². The van der Waals surface area contributed by atoms with Crippen LogP contribution in [0, 0.1) is 0 Å². The average molecular weight is 475 g/mol. The minimum atomic E-state index is -0.0320. The zero-order chi connectivity index (χ0) is 21.5. The van der Waals surface area contributed by atoms with Crippen molar-refractivity contribution >= 4 is 48.9 Å². The van der Waals surface area contributed by atoms with E-state index in [9.17, 15) is 9.59 Å². The summed E-state index contributed by atoms with van der Waals surface area (Å²) >= 11 is 3.55. The van der Waals surface area contributed by atoms with Crippen LogP contribution in [0.5, 0.6) is 5.75 Å². The number of aromatic nitrogens is 2. The number of carbonyl (C=O) groups is 1. The van der Waals surface area contributed by atoms with Crippen LogP contribution in [-0.2, 0) is 11.2 Å². The van der Waals surface area contributed by atoms with Crippen LogP contribution in [0.15, 0.2) is 70.3 Å². The van der Waals surface area contributed by atoms with Crippen molar-refractivity contribution in [3.63, 3.8) is 0 Å². The Morgan fingerprint density at radius 3 is 2.74 bits per heavy atom. The molecule has 6 heteroatoms. The molecule has 154 valence electrons. The maximum Gasteiger partial charge on any atom is 0.193 e. The monoisotopic (exact) mass is 474 g/mol. The van der Waals surface area contributed by atoms with Gasteiger partial charge in [-0.1, -0.05) is 28.9 Å². The molecule has 0 aliphatic rings. The fraction of sp³-hybridized carbons (Fsp3) is 0.160. The number of rotatable bonds is 6. The van der Waals surface area contributed by atoms with Gasteiger partial charge < -0.3 is 9.14 Å². The standard InChI is InChI=1S/C25H19BrN2O3/c1-2-18(29)14-31-19-10-21-20-9-17(26)5-6-23(20)28-13-16(8-15-4-3-7-27-12-15)25(30)22(11-19)24(21)28/h3-7,9-13H,2,8,14H2,1H3. The second-order valence-electron chi connectivity index (χ2n) is 7.60. The number of fused-ring (bicyclic) bond motifs is 3. The lowest BCUT2D eigenvalue weighted by Crippen LogP contribution is -2.13. The maximum absolute atomic E-state index is 13.5. The fourth-order valence-electron chi connectivity index (χ4n) is 4.02. The van der Waals surface area contributed by atoms with Crippen LogP contribution < -0.4 is 10.2 Å². The molecule has 0 amide bonds. The highest BCUT2D eigenvalue weighted by atomic mass is 79.9. The number of Topliss-reactive ketones (excluding diaryl/α,β-unsaturated/α-hetero) is 1. The Kier molecular flexibility index (Phi) is 4.94. The Bertz CT molecular complexity index is 1490. The molecule has 0 unspecified atom stereocenters. The van der Waals surface area contributed by atoms with Crippen LogP contribution in [-0.4, -0.2) is 21.8 Å². The summed E-state index contributed by atoms with van der Waals surface area (Å²) in [7, 11) is 0. The fourth-order valence-corrected chi connectivity index (χ4v) is 4.38. The number of ketones is 1. The summed E-state index contributed by atoms with van der Waals surface area (Å²) in [6, 6.07) is 13.6. The molecule has 0 saturated carbocycles. The van der Waals surface area contributed by atoms with Crippen LogP contribution >= 0.6 is 15.9 Å². The summed E-state index contributed by atoms with van der Waals surface area (Å²) in [5.41, 5.74) is 3.50. The first-order chi connectivity index (χ1) is 15.0. The Balaban J connectivity index is 1.78. The number of hydrogen-bond acceptors (Lipinski definition) is 4. The Morgan fingerprint density at radius 2 is 1.97 bits per heavy atom. The number of halogens is 1. The van der Waals surface area contributed by atoms with Crippen LogP contribution in [0.4, 0.5) is 0 Å². The van der Waals surface area contributed by atoms with Gasteiger partial charge >= 0.3 is 0 Å². The molecule has 0 bridgehead atoms. The lowest BCUT2D eigenvalue weighted by Gasteiger charge is -2.09. The lowest BCUT2D eigenvalue weighted by molar-refractivity contribution is -0.120. The number of ether oxygens (including phenoxy) is 1. The second kappa shape index (κ2) is 7.78. The van der Waals surface area contributed by atoms with Gasteiger partial charge in [0.1, 0.15) is 12.4 Å². The van der Waals surface area contributed by atoms with Gasteiger partial charge in [0.25, 0.3) is 0 Å². The molecule has 0 spiro atoms. The van der Waals surface area contributed by atoms with Crippen molar-refractivity contribution < 1.29 is 9.53 Å². The third-order valence-electron chi connectivity index (χ3n) is 5.57. The Morgan fingerprint density at radius 1 is 1.13 bits per heavy atom. The highest BCUT2D eigenvalue weighted by Crippen LogP contribution is 2.35. The van der Waals surface area contributed by atoms with Gasteiger partial charge in [0.2, 0.25) is 0 Å². The molecular weight excluding hydrogens is 456 g/mol. The van der Waals surface area contributed by atoms with E-state index in [1.165, 1.54) is 0 Å². The van der Waals surface area contributed by atoms with E-state index in [0.717, 1.165) is 31.8 Å². The zero-order valence-electron chi connectivity index (χ0n) is 16.9. The molecule has 5 rings (SSSR count). The van der Waals surface area contributed by atoms with Crippen LogP contribution in [0.3, 0.4) is 0 Å². The quantitative estimate of drug-likeness (QED) is 0.341. The largest absolute Gasteiger partial charge is 0.486 e. The normalized spacial score (nSPS) is 11.5. The highest BCUT2D eigenvalue weighted by Gasteiger charge is 2.18. The average Bonchev–Trinajstić information content (AvgIpc) is 3.09. The van der Waals surface area contributed by atoms with Gasteiger partial charge in [0.15, 0.2) is 11.2 Å². The van der Waals surface area contributed by atoms with Crippen LogP contribution in [0.25, 0.3) is 27.2 Å². The van der Waals surface area contributed by atoms with E-state index < -0.39 is 0 Å². The first kappa shape index (κ1) is 19.7. The topological polar surface area (TPSA) is 60.7 Å². The summed E-state index contributed by atoms with van der Waals surface area (Å²) in [5.74, 6) is 0.543. The number of pyridine rings is 2. The molecular formula is C25H19BrN2O3. The molecule has 3 aromatic heterocycles.